The molecule has 0 bridgehead atoms. The average Bonchev–Trinajstić information content (AvgIpc) is 3.73. The van der Waals surface area contributed by atoms with Gasteiger partial charge in [0.25, 0.3) is 0 Å². The normalized spacial score (nSPS) is 16.4. The fraction of sp³-hybridized carbons (Fsp3) is 0.394. The van der Waals surface area contributed by atoms with Gasteiger partial charge in [0, 0.05) is 36.0 Å². The van der Waals surface area contributed by atoms with Crippen LogP contribution >= 0.6 is 0 Å². The Kier molecular flexibility index (Phi) is 7.94. The lowest BCUT2D eigenvalue weighted by Gasteiger charge is -2.15. The number of hydrogen-bond acceptors (Lipinski definition) is 5. The summed E-state index contributed by atoms with van der Waals surface area (Å²) in [5.41, 5.74) is 4.45. The van der Waals surface area contributed by atoms with Crippen LogP contribution in [0.1, 0.15) is 36.8 Å². The summed E-state index contributed by atoms with van der Waals surface area (Å²) in [6.45, 7) is 8.29. The van der Waals surface area contributed by atoms with Crippen LogP contribution in [0.15, 0.2) is 77.2 Å². The average molecular weight is 511 g/mol. The molecule has 38 heavy (non-hydrogen) atoms. The van der Waals surface area contributed by atoms with E-state index in [9.17, 15) is 0 Å². The molecule has 2 aliphatic rings. The predicted octanol–water partition coefficient (Wildman–Crippen LogP) is 6.64. The van der Waals surface area contributed by atoms with Gasteiger partial charge in [-0.3, -0.25) is 9.80 Å². The van der Waals surface area contributed by atoms with Crippen LogP contribution in [0.5, 0.6) is 11.5 Å². The number of para-hydroxylation sites is 1. The Labute approximate surface area is 226 Å². The first-order valence-electron chi connectivity index (χ1n) is 14.2. The molecule has 3 aromatic carbocycles. The van der Waals surface area contributed by atoms with Crippen LogP contribution in [0, 0.1) is 0 Å². The van der Waals surface area contributed by atoms with E-state index in [4.69, 9.17) is 13.9 Å². The van der Waals surface area contributed by atoms with E-state index < -0.39 is 0 Å². The summed E-state index contributed by atoms with van der Waals surface area (Å²) in [6.07, 6.45) is 6.05. The van der Waals surface area contributed by atoms with Crippen LogP contribution in [-0.4, -0.2) is 62.3 Å². The Bertz CT molecular complexity index is 1300. The fourth-order valence-corrected chi connectivity index (χ4v) is 5.72. The van der Waals surface area contributed by atoms with E-state index in [0.29, 0.717) is 0 Å². The van der Waals surface area contributed by atoms with E-state index in [2.05, 4.69) is 76.5 Å². The Morgan fingerprint density at radius 3 is 1.79 bits per heavy atom. The van der Waals surface area contributed by atoms with Gasteiger partial charge in [-0.05, 0) is 99.9 Å². The highest BCUT2D eigenvalue weighted by Crippen LogP contribution is 2.36. The van der Waals surface area contributed by atoms with E-state index in [-0.39, 0.29) is 0 Å². The number of hydrogen-bond donors (Lipinski definition) is 0. The molecule has 0 N–H and O–H groups in total. The Hall–Kier alpha value is -3.28. The number of ether oxygens (including phenoxy) is 2. The fourth-order valence-electron chi connectivity index (χ4n) is 5.72. The molecule has 198 valence electrons. The largest absolute Gasteiger partial charge is 0.492 e. The van der Waals surface area contributed by atoms with E-state index in [0.717, 1.165) is 61.1 Å². The van der Waals surface area contributed by atoms with Gasteiger partial charge >= 0.3 is 0 Å². The molecule has 0 aliphatic carbocycles. The second-order valence-corrected chi connectivity index (χ2v) is 10.5. The Balaban J connectivity index is 1.13. The molecule has 6 rings (SSSR count). The standard InChI is InChI=1S/C33H38N2O3/c1-2-8-32-30(7-1)31(25-26-9-13-28(14-10-26)36-23-21-34-17-3-4-18-34)33(38-32)27-11-15-29(16-12-27)37-24-22-35-19-5-6-20-35/h1-2,7-16H,3-6,17-25H2. The zero-order chi connectivity index (χ0) is 25.6. The summed E-state index contributed by atoms with van der Waals surface area (Å²) < 4.78 is 18.4. The molecule has 0 atom stereocenters. The maximum absolute atomic E-state index is 6.39. The van der Waals surface area contributed by atoms with E-state index in [1.165, 1.54) is 68.4 Å². The van der Waals surface area contributed by atoms with Gasteiger partial charge in [-0.1, -0.05) is 30.3 Å². The summed E-state index contributed by atoms with van der Waals surface area (Å²) >= 11 is 0. The lowest BCUT2D eigenvalue weighted by molar-refractivity contribution is 0.237. The van der Waals surface area contributed by atoms with Crippen molar-refractivity contribution in [2.75, 3.05) is 52.5 Å². The lowest BCUT2D eigenvalue weighted by Crippen LogP contribution is -2.25. The third-order valence-electron chi connectivity index (χ3n) is 7.87. The van der Waals surface area contributed by atoms with Crippen LogP contribution < -0.4 is 9.47 Å². The first-order valence-corrected chi connectivity index (χ1v) is 14.2. The monoisotopic (exact) mass is 510 g/mol. The number of furan rings is 1. The van der Waals surface area contributed by atoms with Crippen molar-refractivity contribution >= 4 is 11.0 Å². The predicted molar refractivity (Wildman–Crippen MR) is 153 cm³/mol. The number of nitrogens with zero attached hydrogens (tertiary/aromatic N) is 2. The van der Waals surface area contributed by atoms with Crippen molar-refractivity contribution in [1.29, 1.82) is 0 Å². The van der Waals surface area contributed by atoms with E-state index in [1.54, 1.807) is 0 Å². The molecule has 5 nitrogen and oxygen atoms in total. The second kappa shape index (κ2) is 12.1. The summed E-state index contributed by atoms with van der Waals surface area (Å²) in [5, 5.41) is 1.17. The van der Waals surface area contributed by atoms with E-state index in [1.807, 2.05) is 6.07 Å². The molecule has 1 aromatic heterocycles. The van der Waals surface area contributed by atoms with Gasteiger partial charge in [-0.25, -0.2) is 0 Å². The highest BCUT2D eigenvalue weighted by atomic mass is 16.5. The molecule has 0 saturated carbocycles. The summed E-state index contributed by atoms with van der Waals surface area (Å²) in [4.78, 5) is 4.95. The van der Waals surface area contributed by atoms with Gasteiger partial charge < -0.3 is 13.9 Å². The van der Waals surface area contributed by atoms with Crippen molar-refractivity contribution in [2.45, 2.75) is 32.1 Å². The summed E-state index contributed by atoms with van der Waals surface area (Å²) in [7, 11) is 0. The van der Waals surface area contributed by atoms with Crippen LogP contribution in [-0.2, 0) is 6.42 Å². The molecule has 4 aromatic rings. The van der Waals surface area contributed by atoms with Crippen molar-refractivity contribution < 1.29 is 13.9 Å². The number of rotatable bonds is 11. The number of fused-ring (bicyclic) bond motifs is 1. The first-order chi connectivity index (χ1) is 18.8. The van der Waals surface area contributed by atoms with Gasteiger partial charge in [-0.2, -0.15) is 0 Å². The molecular formula is C33H38N2O3. The molecule has 0 radical (unpaired) electrons. The van der Waals surface area contributed by atoms with Crippen LogP contribution in [0.2, 0.25) is 0 Å². The van der Waals surface area contributed by atoms with Gasteiger partial charge in [0.05, 0.1) is 0 Å². The quantitative estimate of drug-likeness (QED) is 0.226. The minimum atomic E-state index is 0.729. The second-order valence-electron chi connectivity index (χ2n) is 10.5. The summed E-state index contributed by atoms with van der Waals surface area (Å²) in [5.74, 6) is 2.78. The van der Waals surface area contributed by atoms with E-state index >= 15 is 0 Å². The van der Waals surface area contributed by atoms with Crippen molar-refractivity contribution in [3.8, 4) is 22.8 Å². The Morgan fingerprint density at radius 1 is 0.632 bits per heavy atom. The molecular weight excluding hydrogens is 472 g/mol. The molecule has 2 aliphatic heterocycles. The van der Waals surface area contributed by atoms with Crippen molar-refractivity contribution in [3.63, 3.8) is 0 Å². The van der Waals surface area contributed by atoms with Gasteiger partial charge in [0.15, 0.2) is 0 Å². The number of benzene rings is 3. The van der Waals surface area contributed by atoms with Crippen molar-refractivity contribution in [3.05, 3.63) is 83.9 Å². The highest BCUT2D eigenvalue weighted by molar-refractivity contribution is 5.88. The molecule has 3 heterocycles. The van der Waals surface area contributed by atoms with Gasteiger partial charge in [-0.15, -0.1) is 0 Å². The number of likely N-dealkylation sites (tertiary alicyclic amines) is 2. The maximum atomic E-state index is 6.39. The van der Waals surface area contributed by atoms with Gasteiger partial charge in [0.1, 0.15) is 36.1 Å². The molecule has 2 fully saturated rings. The highest BCUT2D eigenvalue weighted by Gasteiger charge is 2.17. The molecule has 2 saturated heterocycles. The third-order valence-corrected chi connectivity index (χ3v) is 7.87. The minimum Gasteiger partial charge on any atom is -0.492 e. The van der Waals surface area contributed by atoms with Crippen molar-refractivity contribution in [1.82, 2.24) is 9.80 Å². The van der Waals surface area contributed by atoms with Crippen molar-refractivity contribution in [2.24, 2.45) is 0 Å². The van der Waals surface area contributed by atoms with Crippen LogP contribution in [0.25, 0.3) is 22.3 Å². The molecule has 0 spiro atoms. The zero-order valence-electron chi connectivity index (χ0n) is 22.2. The third kappa shape index (κ3) is 6.06. The SMILES string of the molecule is c1ccc2c(Cc3ccc(OCCN4CCCC4)cc3)c(-c3ccc(OCCN4CCCC4)cc3)oc2c1. The topological polar surface area (TPSA) is 38.1 Å². The van der Waals surface area contributed by atoms with Crippen LogP contribution in [0.4, 0.5) is 0 Å². The zero-order valence-corrected chi connectivity index (χ0v) is 22.2. The van der Waals surface area contributed by atoms with Gasteiger partial charge in [0.2, 0.25) is 0 Å². The minimum absolute atomic E-state index is 0.729. The smallest absolute Gasteiger partial charge is 0.138 e. The maximum Gasteiger partial charge on any atom is 0.138 e. The Morgan fingerprint density at radius 2 is 1.18 bits per heavy atom. The molecule has 0 unspecified atom stereocenters. The lowest BCUT2D eigenvalue weighted by atomic mass is 9.98. The molecule has 5 heteroatoms. The molecule has 0 amide bonds. The summed E-state index contributed by atoms with van der Waals surface area (Å²) in [6, 6.07) is 25.2. The first kappa shape index (κ1) is 25.0. The van der Waals surface area contributed by atoms with Crippen LogP contribution in [0.3, 0.4) is 0 Å².